The van der Waals surface area contributed by atoms with Crippen LogP contribution in [0.3, 0.4) is 0 Å². The van der Waals surface area contributed by atoms with Gasteiger partial charge in [-0.2, -0.15) is 0 Å². The molecule has 0 aromatic carbocycles. The standard InChI is InChI=1S/C6H13O6P/c1-3-6(12-5(2)7)4-11-13(8,9)10/h6H,3-4H2,1-2H3,(H2,8,9,10). The van der Waals surface area contributed by atoms with E-state index < -0.39 is 19.9 Å². The molecule has 1 unspecified atom stereocenters. The van der Waals surface area contributed by atoms with Crippen LogP contribution in [0, 0.1) is 0 Å². The van der Waals surface area contributed by atoms with E-state index in [2.05, 4.69) is 9.26 Å². The van der Waals surface area contributed by atoms with Gasteiger partial charge in [-0.15, -0.1) is 0 Å². The quantitative estimate of drug-likeness (QED) is 0.507. The first kappa shape index (κ1) is 12.6. The van der Waals surface area contributed by atoms with E-state index in [4.69, 9.17) is 9.79 Å². The molecule has 2 N–H and O–H groups in total. The van der Waals surface area contributed by atoms with Gasteiger partial charge in [0, 0.05) is 6.92 Å². The summed E-state index contributed by atoms with van der Waals surface area (Å²) >= 11 is 0. The molecule has 0 aromatic heterocycles. The summed E-state index contributed by atoms with van der Waals surface area (Å²) < 4.78 is 19.1. The Morgan fingerprint density at radius 3 is 2.38 bits per heavy atom. The molecule has 6 nitrogen and oxygen atoms in total. The molecule has 0 saturated carbocycles. The lowest BCUT2D eigenvalue weighted by Gasteiger charge is -2.15. The first-order valence-corrected chi connectivity index (χ1v) is 5.25. The summed E-state index contributed by atoms with van der Waals surface area (Å²) in [6, 6.07) is 0. The van der Waals surface area contributed by atoms with Gasteiger partial charge < -0.3 is 14.5 Å². The lowest BCUT2D eigenvalue weighted by Crippen LogP contribution is -2.20. The smallest absolute Gasteiger partial charge is 0.460 e. The predicted octanol–water partition coefficient (Wildman–Crippen LogP) is 0.437. The molecule has 0 aliphatic heterocycles. The van der Waals surface area contributed by atoms with E-state index in [0.717, 1.165) is 0 Å². The number of carbonyl (C=O) groups is 1. The highest BCUT2D eigenvalue weighted by Gasteiger charge is 2.18. The van der Waals surface area contributed by atoms with E-state index >= 15 is 0 Å². The predicted molar refractivity (Wildman–Crippen MR) is 43.8 cm³/mol. The van der Waals surface area contributed by atoms with Crippen LogP contribution in [0.4, 0.5) is 0 Å². The minimum Gasteiger partial charge on any atom is -0.460 e. The number of carbonyl (C=O) groups excluding carboxylic acids is 1. The third-order valence-corrected chi connectivity index (χ3v) is 1.70. The first-order valence-electron chi connectivity index (χ1n) is 3.72. The Morgan fingerprint density at radius 1 is 1.54 bits per heavy atom. The molecule has 0 radical (unpaired) electrons. The van der Waals surface area contributed by atoms with Crippen LogP contribution < -0.4 is 0 Å². The second kappa shape index (κ2) is 5.34. The van der Waals surface area contributed by atoms with Crippen molar-refractivity contribution in [2.45, 2.75) is 26.4 Å². The molecular weight excluding hydrogens is 199 g/mol. The number of hydrogen-bond donors (Lipinski definition) is 2. The highest BCUT2D eigenvalue weighted by Crippen LogP contribution is 2.35. The Kier molecular flexibility index (Phi) is 5.17. The van der Waals surface area contributed by atoms with Crippen LogP contribution in [0.5, 0.6) is 0 Å². The van der Waals surface area contributed by atoms with Crippen molar-refractivity contribution in [2.24, 2.45) is 0 Å². The Labute approximate surface area is 76.1 Å². The second-order valence-electron chi connectivity index (χ2n) is 2.43. The van der Waals surface area contributed by atoms with Crippen molar-refractivity contribution in [3.63, 3.8) is 0 Å². The van der Waals surface area contributed by atoms with Gasteiger partial charge in [0.1, 0.15) is 6.10 Å². The summed E-state index contributed by atoms with van der Waals surface area (Å²) in [6.45, 7) is 2.65. The van der Waals surface area contributed by atoms with E-state index in [1.807, 2.05) is 0 Å². The van der Waals surface area contributed by atoms with Gasteiger partial charge in [-0.1, -0.05) is 6.92 Å². The highest BCUT2D eigenvalue weighted by atomic mass is 31.2. The highest BCUT2D eigenvalue weighted by molar-refractivity contribution is 7.46. The molecule has 1 atom stereocenters. The maximum Gasteiger partial charge on any atom is 0.469 e. The van der Waals surface area contributed by atoms with E-state index in [1.165, 1.54) is 6.92 Å². The number of rotatable bonds is 5. The summed E-state index contributed by atoms with van der Waals surface area (Å²) in [4.78, 5) is 27.2. The molecule has 78 valence electrons. The zero-order chi connectivity index (χ0) is 10.5. The van der Waals surface area contributed by atoms with E-state index in [-0.39, 0.29) is 6.61 Å². The molecule has 0 fully saturated rings. The molecule has 0 heterocycles. The van der Waals surface area contributed by atoms with Crippen molar-refractivity contribution in [1.82, 2.24) is 0 Å². The third kappa shape index (κ3) is 7.93. The molecule has 0 rings (SSSR count). The normalized spacial score (nSPS) is 13.8. The maximum absolute atomic E-state index is 10.5. The minimum atomic E-state index is -4.47. The number of ether oxygens (including phenoxy) is 1. The van der Waals surface area contributed by atoms with Gasteiger partial charge in [0.2, 0.25) is 0 Å². The lowest BCUT2D eigenvalue weighted by atomic mass is 10.3. The lowest BCUT2D eigenvalue weighted by molar-refractivity contribution is -0.148. The number of phosphoric acid groups is 1. The van der Waals surface area contributed by atoms with Crippen LogP contribution >= 0.6 is 7.82 Å². The van der Waals surface area contributed by atoms with Crippen LogP contribution in [0.2, 0.25) is 0 Å². The SMILES string of the molecule is CCC(COP(=O)(O)O)OC(C)=O. The molecule has 0 bridgehead atoms. The molecule has 0 aliphatic carbocycles. The molecule has 7 heteroatoms. The fraction of sp³-hybridized carbons (Fsp3) is 0.833. The Balaban J connectivity index is 3.86. The summed E-state index contributed by atoms with van der Waals surface area (Å²) in [6.07, 6.45) is -0.162. The van der Waals surface area contributed by atoms with Crippen molar-refractivity contribution in [3.05, 3.63) is 0 Å². The zero-order valence-electron chi connectivity index (χ0n) is 7.47. The van der Waals surface area contributed by atoms with Gasteiger partial charge in [0.25, 0.3) is 0 Å². The monoisotopic (exact) mass is 212 g/mol. The average molecular weight is 212 g/mol. The van der Waals surface area contributed by atoms with Crippen molar-refractivity contribution >= 4 is 13.8 Å². The summed E-state index contributed by atoms with van der Waals surface area (Å²) in [7, 11) is -4.47. The average Bonchev–Trinajstić information content (AvgIpc) is 1.95. The number of esters is 1. The molecule has 0 amide bonds. The second-order valence-corrected chi connectivity index (χ2v) is 3.67. The molecule has 0 aliphatic rings. The number of hydrogen-bond acceptors (Lipinski definition) is 4. The Morgan fingerprint density at radius 2 is 2.08 bits per heavy atom. The van der Waals surface area contributed by atoms with Gasteiger partial charge in [-0.25, -0.2) is 4.57 Å². The van der Waals surface area contributed by atoms with Crippen LogP contribution in [-0.4, -0.2) is 28.5 Å². The van der Waals surface area contributed by atoms with Gasteiger partial charge in [0.05, 0.1) is 6.61 Å². The fourth-order valence-electron chi connectivity index (χ4n) is 0.650. The zero-order valence-corrected chi connectivity index (χ0v) is 8.36. The van der Waals surface area contributed by atoms with Crippen LogP contribution in [-0.2, 0) is 18.6 Å². The minimum absolute atomic E-state index is 0.291. The van der Waals surface area contributed by atoms with Crippen LogP contribution in [0.25, 0.3) is 0 Å². The Bertz CT molecular complexity index is 209. The molecular formula is C6H13O6P. The summed E-state index contributed by atoms with van der Waals surface area (Å²) in [5.41, 5.74) is 0. The van der Waals surface area contributed by atoms with Crippen molar-refractivity contribution < 1.29 is 28.4 Å². The van der Waals surface area contributed by atoms with Crippen molar-refractivity contribution in [2.75, 3.05) is 6.61 Å². The third-order valence-electron chi connectivity index (χ3n) is 1.22. The summed E-state index contributed by atoms with van der Waals surface area (Å²) in [5.74, 6) is -0.499. The van der Waals surface area contributed by atoms with E-state index in [9.17, 15) is 9.36 Å². The summed E-state index contributed by atoms with van der Waals surface area (Å²) in [5, 5.41) is 0. The van der Waals surface area contributed by atoms with E-state index in [1.54, 1.807) is 6.92 Å². The molecule has 0 saturated heterocycles. The van der Waals surface area contributed by atoms with Crippen molar-refractivity contribution in [3.8, 4) is 0 Å². The topological polar surface area (TPSA) is 93.1 Å². The molecule has 0 spiro atoms. The van der Waals surface area contributed by atoms with Gasteiger partial charge in [-0.05, 0) is 6.42 Å². The fourth-order valence-corrected chi connectivity index (χ4v) is 1.01. The maximum atomic E-state index is 10.5. The van der Waals surface area contributed by atoms with Crippen LogP contribution in [0.15, 0.2) is 0 Å². The molecule has 0 aromatic rings. The van der Waals surface area contributed by atoms with Crippen molar-refractivity contribution in [1.29, 1.82) is 0 Å². The van der Waals surface area contributed by atoms with Gasteiger partial charge >= 0.3 is 13.8 Å². The van der Waals surface area contributed by atoms with Gasteiger partial charge in [-0.3, -0.25) is 9.32 Å². The largest absolute Gasteiger partial charge is 0.469 e. The first-order chi connectivity index (χ1) is 5.85. The number of phosphoric ester groups is 1. The van der Waals surface area contributed by atoms with Gasteiger partial charge in [0.15, 0.2) is 0 Å². The Hall–Kier alpha value is -0.420. The van der Waals surface area contributed by atoms with Crippen LogP contribution in [0.1, 0.15) is 20.3 Å². The van der Waals surface area contributed by atoms with E-state index in [0.29, 0.717) is 6.42 Å². The molecule has 13 heavy (non-hydrogen) atoms.